The quantitative estimate of drug-likeness (QED) is 0.458. The standard InChI is InChI=1S/C9H8ClFN2O/c10-5-13(14)9-4-12-8-2-1-6(11)3-7(8)9/h1-4,12,14H,5H2. The van der Waals surface area contributed by atoms with Gasteiger partial charge in [0.15, 0.2) is 0 Å². The summed E-state index contributed by atoms with van der Waals surface area (Å²) >= 11 is 5.45. The molecule has 3 nitrogen and oxygen atoms in total. The van der Waals surface area contributed by atoms with Gasteiger partial charge < -0.3 is 4.98 Å². The van der Waals surface area contributed by atoms with Crippen LogP contribution in [0, 0.1) is 5.82 Å². The second-order valence-electron chi connectivity index (χ2n) is 2.88. The molecule has 2 aromatic rings. The van der Waals surface area contributed by atoms with Crippen LogP contribution >= 0.6 is 11.6 Å². The van der Waals surface area contributed by atoms with E-state index in [0.717, 1.165) is 10.6 Å². The Morgan fingerprint density at radius 3 is 3.00 bits per heavy atom. The Hall–Kier alpha value is -1.26. The van der Waals surface area contributed by atoms with Crippen LogP contribution < -0.4 is 5.06 Å². The van der Waals surface area contributed by atoms with Gasteiger partial charge in [0.2, 0.25) is 0 Å². The Bertz CT molecular complexity index is 457. The van der Waals surface area contributed by atoms with Crippen molar-refractivity contribution in [3.05, 3.63) is 30.2 Å². The van der Waals surface area contributed by atoms with Gasteiger partial charge in [0.25, 0.3) is 0 Å². The zero-order valence-corrected chi connectivity index (χ0v) is 7.92. The largest absolute Gasteiger partial charge is 0.359 e. The fourth-order valence-electron chi connectivity index (χ4n) is 1.36. The maximum Gasteiger partial charge on any atom is 0.124 e. The van der Waals surface area contributed by atoms with Crippen LogP contribution in [-0.2, 0) is 0 Å². The number of hydroxylamine groups is 1. The van der Waals surface area contributed by atoms with Gasteiger partial charge in [-0.25, -0.2) is 9.45 Å². The van der Waals surface area contributed by atoms with Gasteiger partial charge >= 0.3 is 0 Å². The first-order valence-corrected chi connectivity index (χ1v) is 4.55. The van der Waals surface area contributed by atoms with E-state index >= 15 is 0 Å². The third-order valence-electron chi connectivity index (χ3n) is 2.01. The molecule has 2 rings (SSSR count). The first kappa shape index (κ1) is 9.30. The van der Waals surface area contributed by atoms with Crippen LogP contribution in [0.1, 0.15) is 0 Å². The molecule has 1 heterocycles. The summed E-state index contributed by atoms with van der Waals surface area (Å²) < 4.78 is 12.9. The topological polar surface area (TPSA) is 39.3 Å². The van der Waals surface area contributed by atoms with Gasteiger partial charge in [-0.2, -0.15) is 0 Å². The van der Waals surface area contributed by atoms with Gasteiger partial charge in [0.05, 0.1) is 5.69 Å². The van der Waals surface area contributed by atoms with Crippen LogP contribution in [0.4, 0.5) is 10.1 Å². The number of rotatable bonds is 2. The first-order valence-electron chi connectivity index (χ1n) is 4.01. The number of hydrogen-bond donors (Lipinski definition) is 2. The van der Waals surface area contributed by atoms with E-state index in [1.807, 2.05) is 0 Å². The maximum atomic E-state index is 12.9. The molecule has 0 atom stereocenters. The van der Waals surface area contributed by atoms with Crippen molar-refractivity contribution < 1.29 is 9.60 Å². The van der Waals surface area contributed by atoms with E-state index in [2.05, 4.69) is 4.98 Å². The number of aromatic amines is 1. The number of nitrogens with one attached hydrogen (secondary N) is 1. The minimum Gasteiger partial charge on any atom is -0.359 e. The zero-order valence-electron chi connectivity index (χ0n) is 7.17. The molecule has 0 spiro atoms. The van der Waals surface area contributed by atoms with Crippen molar-refractivity contribution in [2.75, 3.05) is 11.1 Å². The molecule has 0 aliphatic carbocycles. The fraction of sp³-hybridized carbons (Fsp3) is 0.111. The Labute approximate surface area is 84.7 Å². The van der Waals surface area contributed by atoms with Crippen molar-refractivity contribution in [1.29, 1.82) is 0 Å². The van der Waals surface area contributed by atoms with Crippen LogP contribution in [0.25, 0.3) is 10.9 Å². The Morgan fingerprint density at radius 1 is 1.50 bits per heavy atom. The number of hydrogen-bond acceptors (Lipinski definition) is 2. The molecule has 0 saturated heterocycles. The number of anilines is 1. The average Bonchev–Trinajstić information content (AvgIpc) is 2.59. The minimum atomic E-state index is -0.346. The second kappa shape index (κ2) is 3.48. The Morgan fingerprint density at radius 2 is 2.29 bits per heavy atom. The van der Waals surface area contributed by atoms with E-state index in [1.165, 1.54) is 12.1 Å². The lowest BCUT2D eigenvalue weighted by Gasteiger charge is -2.10. The normalized spacial score (nSPS) is 10.8. The van der Waals surface area contributed by atoms with Crippen molar-refractivity contribution in [2.45, 2.75) is 0 Å². The average molecular weight is 215 g/mol. The molecule has 5 heteroatoms. The fourth-order valence-corrected chi connectivity index (χ4v) is 1.48. The molecule has 74 valence electrons. The lowest BCUT2D eigenvalue weighted by molar-refractivity contribution is 0.273. The molecule has 0 fully saturated rings. The van der Waals surface area contributed by atoms with Gasteiger partial charge in [0.1, 0.15) is 11.8 Å². The van der Waals surface area contributed by atoms with Crippen molar-refractivity contribution >= 4 is 28.2 Å². The summed E-state index contributed by atoms with van der Waals surface area (Å²) in [6.07, 6.45) is 1.58. The third kappa shape index (κ3) is 1.42. The molecule has 0 aliphatic rings. The Kier molecular flexibility index (Phi) is 2.31. The van der Waals surface area contributed by atoms with Crippen molar-refractivity contribution in [3.8, 4) is 0 Å². The number of H-pyrrole nitrogens is 1. The summed E-state index contributed by atoms with van der Waals surface area (Å²) in [4.78, 5) is 2.90. The van der Waals surface area contributed by atoms with Gasteiger partial charge in [-0.3, -0.25) is 5.21 Å². The molecule has 0 unspecified atom stereocenters. The number of benzene rings is 1. The molecule has 1 aromatic carbocycles. The molecule has 0 amide bonds. The van der Waals surface area contributed by atoms with Crippen LogP contribution in [0.15, 0.2) is 24.4 Å². The van der Waals surface area contributed by atoms with Gasteiger partial charge in [0, 0.05) is 17.1 Å². The highest BCUT2D eigenvalue weighted by Gasteiger charge is 2.09. The number of aromatic nitrogens is 1. The van der Waals surface area contributed by atoms with Crippen molar-refractivity contribution in [3.63, 3.8) is 0 Å². The number of halogens is 2. The molecule has 0 bridgehead atoms. The monoisotopic (exact) mass is 214 g/mol. The molecular weight excluding hydrogens is 207 g/mol. The van der Waals surface area contributed by atoms with E-state index in [0.29, 0.717) is 11.1 Å². The van der Waals surface area contributed by atoms with Crippen LogP contribution in [-0.4, -0.2) is 16.2 Å². The highest BCUT2D eigenvalue weighted by atomic mass is 35.5. The third-order valence-corrected chi connectivity index (χ3v) is 2.24. The summed E-state index contributed by atoms with van der Waals surface area (Å²) in [5.41, 5.74) is 1.22. The SMILES string of the molecule is ON(CCl)c1c[nH]c2ccc(F)cc12. The number of fused-ring (bicyclic) bond motifs is 1. The van der Waals surface area contributed by atoms with Crippen LogP contribution in [0.5, 0.6) is 0 Å². The van der Waals surface area contributed by atoms with E-state index in [1.54, 1.807) is 12.3 Å². The number of nitrogens with zero attached hydrogens (tertiary/aromatic N) is 1. The lowest BCUT2D eigenvalue weighted by atomic mass is 10.2. The summed E-state index contributed by atoms with van der Waals surface area (Å²) in [5, 5.41) is 10.8. The molecule has 0 radical (unpaired) electrons. The maximum absolute atomic E-state index is 12.9. The van der Waals surface area contributed by atoms with E-state index in [-0.39, 0.29) is 11.8 Å². The van der Waals surface area contributed by atoms with Gasteiger partial charge in [-0.1, -0.05) is 0 Å². The number of alkyl halides is 1. The zero-order chi connectivity index (χ0) is 10.1. The van der Waals surface area contributed by atoms with E-state index < -0.39 is 0 Å². The van der Waals surface area contributed by atoms with Crippen molar-refractivity contribution in [1.82, 2.24) is 4.98 Å². The molecule has 2 N–H and O–H groups in total. The molecule has 0 aliphatic heterocycles. The lowest BCUT2D eigenvalue weighted by Crippen LogP contribution is -2.14. The smallest absolute Gasteiger partial charge is 0.124 e. The molecular formula is C9H8ClFN2O. The predicted molar refractivity (Wildman–Crippen MR) is 53.2 cm³/mol. The van der Waals surface area contributed by atoms with E-state index in [4.69, 9.17) is 11.6 Å². The Balaban J connectivity index is 2.61. The second-order valence-corrected chi connectivity index (χ2v) is 3.12. The van der Waals surface area contributed by atoms with Gasteiger partial charge in [-0.05, 0) is 18.2 Å². The van der Waals surface area contributed by atoms with Gasteiger partial charge in [-0.15, -0.1) is 11.6 Å². The summed E-state index contributed by atoms with van der Waals surface area (Å²) in [6.45, 7) is 0. The van der Waals surface area contributed by atoms with Crippen molar-refractivity contribution in [2.24, 2.45) is 0 Å². The van der Waals surface area contributed by atoms with E-state index in [9.17, 15) is 9.60 Å². The minimum absolute atomic E-state index is 0.0660. The summed E-state index contributed by atoms with van der Waals surface area (Å²) in [7, 11) is 0. The van der Waals surface area contributed by atoms with Crippen LogP contribution in [0.3, 0.4) is 0 Å². The predicted octanol–water partition coefficient (Wildman–Crippen LogP) is 2.70. The summed E-state index contributed by atoms with van der Waals surface area (Å²) in [5.74, 6) is -0.346. The van der Waals surface area contributed by atoms with Crippen LogP contribution in [0.2, 0.25) is 0 Å². The summed E-state index contributed by atoms with van der Waals surface area (Å²) in [6, 6.07) is 4.24. The first-order chi connectivity index (χ1) is 6.72. The highest BCUT2D eigenvalue weighted by Crippen LogP contribution is 2.26. The molecule has 0 saturated carbocycles. The molecule has 1 aromatic heterocycles. The highest BCUT2D eigenvalue weighted by molar-refractivity contribution is 6.19. The molecule has 14 heavy (non-hydrogen) atoms.